The highest BCUT2D eigenvalue weighted by atomic mass is 19.4. The number of hydrogen-bond donors (Lipinski definition) is 1. The van der Waals surface area contributed by atoms with Gasteiger partial charge in [-0.05, 0) is 42.0 Å². The van der Waals surface area contributed by atoms with Crippen LogP contribution in [0.15, 0.2) is 48.0 Å². The number of anilines is 1. The Labute approximate surface area is 183 Å². The largest absolute Gasteiger partial charge is 0.497 e. The average molecular weight is 472 g/mol. The maximum absolute atomic E-state index is 12.9. The lowest BCUT2D eigenvalue weighted by atomic mass is 10.1. The Kier molecular flexibility index (Phi) is 7.71. The molecule has 0 unspecified atom stereocenters. The van der Waals surface area contributed by atoms with Gasteiger partial charge in [0.15, 0.2) is 6.61 Å². The number of alkyl halides is 6. The number of nitrogens with one attached hydrogen (secondary N) is 1. The molecule has 0 heterocycles. The van der Waals surface area contributed by atoms with Gasteiger partial charge in [-0.25, -0.2) is 4.79 Å². The van der Waals surface area contributed by atoms with Gasteiger partial charge >= 0.3 is 18.3 Å². The van der Waals surface area contributed by atoms with Crippen LogP contribution in [0, 0.1) is 11.3 Å². The van der Waals surface area contributed by atoms with Gasteiger partial charge in [-0.1, -0.05) is 12.1 Å². The number of carbonyl (C=O) groups is 2. The van der Waals surface area contributed by atoms with Crippen molar-refractivity contribution in [1.29, 1.82) is 5.26 Å². The molecule has 6 nitrogen and oxygen atoms in total. The Morgan fingerprint density at radius 3 is 2.00 bits per heavy atom. The van der Waals surface area contributed by atoms with Crippen molar-refractivity contribution in [3.8, 4) is 11.8 Å². The minimum atomic E-state index is -5.10. The Hall–Kier alpha value is -4.01. The molecule has 0 spiro atoms. The van der Waals surface area contributed by atoms with E-state index in [9.17, 15) is 35.9 Å². The van der Waals surface area contributed by atoms with Gasteiger partial charge in [-0.2, -0.15) is 31.6 Å². The van der Waals surface area contributed by atoms with E-state index in [1.807, 2.05) is 5.32 Å². The van der Waals surface area contributed by atoms with Crippen molar-refractivity contribution >= 4 is 23.6 Å². The summed E-state index contributed by atoms with van der Waals surface area (Å²) in [5.41, 5.74) is -4.12. The second-order valence-corrected chi connectivity index (χ2v) is 6.36. The number of halogens is 6. The fourth-order valence-electron chi connectivity index (χ4n) is 2.44. The summed E-state index contributed by atoms with van der Waals surface area (Å²) in [7, 11) is 1.44. The van der Waals surface area contributed by atoms with E-state index in [2.05, 4.69) is 4.74 Å². The van der Waals surface area contributed by atoms with E-state index >= 15 is 0 Å². The van der Waals surface area contributed by atoms with E-state index in [1.165, 1.54) is 19.2 Å². The lowest BCUT2D eigenvalue weighted by Crippen LogP contribution is -2.22. The number of methoxy groups -OCH3 is 1. The monoisotopic (exact) mass is 472 g/mol. The van der Waals surface area contributed by atoms with E-state index in [4.69, 9.17) is 10.00 Å². The van der Waals surface area contributed by atoms with Gasteiger partial charge in [0, 0.05) is 5.69 Å². The van der Waals surface area contributed by atoms with Crippen LogP contribution < -0.4 is 10.1 Å². The first-order valence-corrected chi connectivity index (χ1v) is 8.86. The summed E-state index contributed by atoms with van der Waals surface area (Å²) in [6, 6.07) is 8.26. The molecule has 2 aromatic rings. The second-order valence-electron chi connectivity index (χ2n) is 6.36. The number of nitriles is 1. The van der Waals surface area contributed by atoms with Crippen molar-refractivity contribution in [2.24, 2.45) is 0 Å². The number of carbonyl (C=O) groups excluding carboxylic acids is 2. The Morgan fingerprint density at radius 1 is 1.00 bits per heavy atom. The quantitative estimate of drug-likeness (QED) is 0.282. The van der Waals surface area contributed by atoms with Gasteiger partial charge in [0.2, 0.25) is 0 Å². The smallest absolute Gasteiger partial charge is 0.416 e. The third-order valence-electron chi connectivity index (χ3n) is 3.97. The Balaban J connectivity index is 2.10. The molecule has 33 heavy (non-hydrogen) atoms. The Bertz CT molecular complexity index is 1070. The molecule has 0 aliphatic heterocycles. The molecule has 1 N–H and O–H groups in total. The van der Waals surface area contributed by atoms with Crippen LogP contribution in [0.3, 0.4) is 0 Å². The molecule has 0 bridgehead atoms. The number of nitrogens with zero attached hydrogens (tertiary/aromatic N) is 1. The van der Waals surface area contributed by atoms with Gasteiger partial charge in [-0.15, -0.1) is 0 Å². The van der Waals surface area contributed by atoms with Crippen LogP contribution >= 0.6 is 0 Å². The molecule has 174 valence electrons. The number of rotatable bonds is 6. The predicted molar refractivity (Wildman–Crippen MR) is 103 cm³/mol. The van der Waals surface area contributed by atoms with Crippen molar-refractivity contribution in [3.63, 3.8) is 0 Å². The first-order valence-electron chi connectivity index (χ1n) is 8.86. The van der Waals surface area contributed by atoms with Crippen LogP contribution in [-0.4, -0.2) is 25.6 Å². The average Bonchev–Trinajstić information content (AvgIpc) is 2.74. The molecule has 0 atom stereocenters. The molecular formula is C21H14F6N2O4. The fraction of sp³-hybridized carbons (Fsp3) is 0.190. The zero-order chi connectivity index (χ0) is 24.8. The highest BCUT2D eigenvalue weighted by Crippen LogP contribution is 2.37. The number of benzene rings is 2. The van der Waals surface area contributed by atoms with E-state index in [1.54, 1.807) is 18.2 Å². The van der Waals surface area contributed by atoms with Gasteiger partial charge in [0.05, 0.1) is 18.2 Å². The lowest BCUT2D eigenvalue weighted by molar-refractivity contribution is -0.143. The molecule has 0 aromatic heterocycles. The summed E-state index contributed by atoms with van der Waals surface area (Å²) in [5, 5.41) is 10.9. The molecule has 0 saturated carbocycles. The molecular weight excluding hydrogens is 458 g/mol. The highest BCUT2D eigenvalue weighted by Gasteiger charge is 2.37. The van der Waals surface area contributed by atoms with Crippen LogP contribution in [0.4, 0.5) is 32.0 Å². The van der Waals surface area contributed by atoms with Crippen molar-refractivity contribution in [1.82, 2.24) is 0 Å². The first kappa shape index (κ1) is 25.3. The zero-order valence-electron chi connectivity index (χ0n) is 16.7. The van der Waals surface area contributed by atoms with Crippen LogP contribution in [-0.2, 0) is 26.7 Å². The molecule has 12 heteroatoms. The van der Waals surface area contributed by atoms with Crippen LogP contribution in [0.25, 0.3) is 6.08 Å². The van der Waals surface area contributed by atoms with Crippen LogP contribution in [0.2, 0.25) is 0 Å². The molecule has 0 radical (unpaired) electrons. The maximum atomic E-state index is 12.9. The van der Waals surface area contributed by atoms with Gasteiger partial charge in [-0.3, -0.25) is 4.79 Å². The first-order chi connectivity index (χ1) is 15.3. The Morgan fingerprint density at radius 2 is 1.55 bits per heavy atom. The normalized spacial score (nSPS) is 12.0. The van der Waals surface area contributed by atoms with Crippen LogP contribution in [0.1, 0.15) is 16.7 Å². The minimum Gasteiger partial charge on any atom is -0.497 e. The van der Waals surface area contributed by atoms with E-state index in [-0.39, 0.29) is 6.07 Å². The predicted octanol–water partition coefficient (Wildman–Crippen LogP) is 4.82. The standard InChI is InChI=1S/C21H14F6N2O4/c1-32-17-4-2-12(3-5-17)6-13(10-28)19(31)33-11-18(30)29-16-8-14(20(22,23)24)7-15(9-16)21(25,26)27/h2-9H,11H2,1H3,(H,29,30)/b13-6+. The molecule has 0 fully saturated rings. The lowest BCUT2D eigenvalue weighted by Gasteiger charge is -2.14. The van der Waals surface area contributed by atoms with E-state index in [0.717, 1.165) is 6.08 Å². The topological polar surface area (TPSA) is 88.4 Å². The second kappa shape index (κ2) is 10.1. The zero-order valence-corrected chi connectivity index (χ0v) is 16.7. The molecule has 1 amide bonds. The van der Waals surface area contributed by atoms with Crippen molar-refractivity contribution < 1.29 is 45.4 Å². The summed E-state index contributed by atoms with van der Waals surface area (Å²) in [6.45, 7) is -1.06. The highest BCUT2D eigenvalue weighted by molar-refractivity contribution is 6.00. The summed E-state index contributed by atoms with van der Waals surface area (Å²) in [6.07, 6.45) is -9.04. The minimum absolute atomic E-state index is 0.0984. The number of ether oxygens (including phenoxy) is 2. The summed E-state index contributed by atoms with van der Waals surface area (Å²) in [5.74, 6) is -1.91. The van der Waals surface area contributed by atoms with Gasteiger partial charge < -0.3 is 14.8 Å². The molecule has 2 aromatic carbocycles. The number of hydrogen-bond acceptors (Lipinski definition) is 5. The van der Waals surface area contributed by atoms with E-state index in [0.29, 0.717) is 23.4 Å². The molecule has 0 aliphatic carbocycles. The van der Waals surface area contributed by atoms with Crippen LogP contribution in [0.5, 0.6) is 5.75 Å². The summed E-state index contributed by atoms with van der Waals surface area (Å²) < 4.78 is 86.9. The van der Waals surface area contributed by atoms with Crippen molar-refractivity contribution in [3.05, 3.63) is 64.7 Å². The van der Waals surface area contributed by atoms with Crippen molar-refractivity contribution in [2.45, 2.75) is 12.4 Å². The number of amides is 1. The SMILES string of the molecule is COc1ccc(/C=C(\C#N)C(=O)OCC(=O)Nc2cc(C(F)(F)F)cc(C(F)(F)F)c2)cc1. The summed E-state index contributed by atoms with van der Waals surface area (Å²) >= 11 is 0. The third-order valence-corrected chi connectivity index (χ3v) is 3.97. The maximum Gasteiger partial charge on any atom is 0.416 e. The van der Waals surface area contributed by atoms with E-state index < -0.39 is 53.2 Å². The molecule has 2 rings (SSSR count). The molecule has 0 saturated heterocycles. The van der Waals surface area contributed by atoms with Gasteiger partial charge in [0.25, 0.3) is 5.91 Å². The molecule has 0 aliphatic rings. The van der Waals surface area contributed by atoms with Gasteiger partial charge in [0.1, 0.15) is 17.4 Å². The third kappa shape index (κ3) is 7.27. The number of esters is 1. The summed E-state index contributed by atoms with van der Waals surface area (Å²) in [4.78, 5) is 23.9. The van der Waals surface area contributed by atoms with Crippen molar-refractivity contribution in [2.75, 3.05) is 19.0 Å². The fourth-order valence-corrected chi connectivity index (χ4v) is 2.44.